The molecule has 3 amide bonds. The highest BCUT2D eigenvalue weighted by Gasteiger charge is 2.26. The van der Waals surface area contributed by atoms with Gasteiger partial charge in [0.15, 0.2) is 0 Å². The van der Waals surface area contributed by atoms with Crippen LogP contribution in [0.5, 0.6) is 11.5 Å². The Balaban J connectivity index is 1.37. The normalized spacial score (nSPS) is 13.6. The molecule has 0 atom stereocenters. The van der Waals surface area contributed by atoms with Crippen LogP contribution < -0.4 is 10.1 Å². The Morgan fingerprint density at radius 1 is 0.774 bits per heavy atom. The Morgan fingerprint density at radius 3 is 2.10 bits per heavy atom. The van der Waals surface area contributed by atoms with E-state index in [1.165, 1.54) is 24.3 Å². The summed E-state index contributed by atoms with van der Waals surface area (Å²) in [4.78, 5) is 28.9. The Morgan fingerprint density at radius 2 is 1.39 bits per heavy atom. The van der Waals surface area contributed by atoms with Crippen LogP contribution in [-0.2, 0) is 0 Å². The average molecular weight is 419 g/mol. The number of carbonyl (C=O) groups is 2. The van der Waals surface area contributed by atoms with Crippen LogP contribution in [0.4, 0.5) is 14.9 Å². The van der Waals surface area contributed by atoms with Gasteiger partial charge < -0.3 is 19.9 Å². The lowest BCUT2D eigenvalue weighted by atomic mass is 10.1. The number of nitrogens with one attached hydrogen (secondary N) is 1. The minimum absolute atomic E-state index is 0.134. The molecule has 7 heteroatoms. The number of ether oxygens (including phenoxy) is 1. The summed E-state index contributed by atoms with van der Waals surface area (Å²) < 4.78 is 18.9. The number of halogens is 1. The molecule has 1 N–H and O–H groups in total. The maximum Gasteiger partial charge on any atom is 0.321 e. The zero-order chi connectivity index (χ0) is 21.6. The van der Waals surface area contributed by atoms with Gasteiger partial charge in [0, 0.05) is 31.9 Å². The van der Waals surface area contributed by atoms with Crippen molar-refractivity contribution in [1.82, 2.24) is 9.80 Å². The molecule has 0 bridgehead atoms. The van der Waals surface area contributed by atoms with E-state index in [4.69, 9.17) is 4.74 Å². The smallest absolute Gasteiger partial charge is 0.321 e. The van der Waals surface area contributed by atoms with Crippen molar-refractivity contribution in [1.29, 1.82) is 0 Å². The maximum absolute atomic E-state index is 13.1. The summed E-state index contributed by atoms with van der Waals surface area (Å²) >= 11 is 0. The number of hydrogen-bond donors (Lipinski definition) is 1. The Hall–Kier alpha value is -3.87. The third-order valence-corrected chi connectivity index (χ3v) is 5.04. The topological polar surface area (TPSA) is 61.9 Å². The van der Waals surface area contributed by atoms with E-state index in [1.807, 2.05) is 36.4 Å². The van der Waals surface area contributed by atoms with Crippen LogP contribution in [0.15, 0.2) is 78.9 Å². The van der Waals surface area contributed by atoms with Crippen molar-refractivity contribution in [2.24, 2.45) is 0 Å². The largest absolute Gasteiger partial charge is 0.457 e. The van der Waals surface area contributed by atoms with Gasteiger partial charge in [-0.05, 0) is 48.5 Å². The maximum atomic E-state index is 13.1. The molecule has 6 nitrogen and oxygen atoms in total. The molecule has 0 radical (unpaired) electrons. The fourth-order valence-electron chi connectivity index (χ4n) is 3.37. The van der Waals surface area contributed by atoms with E-state index in [1.54, 1.807) is 28.0 Å². The minimum atomic E-state index is -0.360. The van der Waals surface area contributed by atoms with E-state index in [2.05, 4.69) is 5.32 Å². The van der Waals surface area contributed by atoms with Crippen LogP contribution in [0, 0.1) is 5.82 Å². The second-order valence-electron chi connectivity index (χ2n) is 7.13. The van der Waals surface area contributed by atoms with Crippen molar-refractivity contribution in [2.75, 3.05) is 31.5 Å². The summed E-state index contributed by atoms with van der Waals surface area (Å²) in [5, 5.41) is 2.75. The summed E-state index contributed by atoms with van der Waals surface area (Å²) in [6, 6.07) is 21.8. The van der Waals surface area contributed by atoms with E-state index in [-0.39, 0.29) is 17.8 Å². The molecule has 0 unspecified atom stereocenters. The monoisotopic (exact) mass is 419 g/mol. The molecular weight excluding hydrogens is 397 g/mol. The molecule has 3 aromatic carbocycles. The molecule has 0 saturated carbocycles. The number of piperazine rings is 1. The van der Waals surface area contributed by atoms with Gasteiger partial charge in [-0.25, -0.2) is 9.18 Å². The van der Waals surface area contributed by atoms with Crippen LogP contribution in [-0.4, -0.2) is 47.9 Å². The van der Waals surface area contributed by atoms with Gasteiger partial charge in [-0.1, -0.05) is 30.3 Å². The first-order valence-corrected chi connectivity index (χ1v) is 10.0. The molecule has 4 rings (SSSR count). The fourth-order valence-corrected chi connectivity index (χ4v) is 3.37. The molecular formula is C24H22FN3O3. The minimum Gasteiger partial charge on any atom is -0.457 e. The SMILES string of the molecule is O=C(Nc1ccc(F)cc1)N1CCN(C(=O)c2ccccc2Oc2ccccc2)CC1. The predicted octanol–water partition coefficient (Wildman–Crippen LogP) is 4.61. The molecule has 0 aliphatic carbocycles. The van der Waals surface area contributed by atoms with Gasteiger partial charge in [-0.2, -0.15) is 0 Å². The first-order chi connectivity index (χ1) is 15.1. The Bertz CT molecular complexity index is 1050. The summed E-state index contributed by atoms with van der Waals surface area (Å²) in [5.74, 6) is 0.659. The van der Waals surface area contributed by atoms with Crippen molar-refractivity contribution in [3.8, 4) is 11.5 Å². The molecule has 1 aliphatic heterocycles. The number of nitrogens with zero attached hydrogens (tertiary/aromatic N) is 2. The van der Waals surface area contributed by atoms with E-state index >= 15 is 0 Å². The van der Waals surface area contributed by atoms with Crippen LogP contribution >= 0.6 is 0 Å². The van der Waals surface area contributed by atoms with Crippen LogP contribution in [0.2, 0.25) is 0 Å². The molecule has 1 aliphatic rings. The number of rotatable bonds is 4. The lowest BCUT2D eigenvalue weighted by Gasteiger charge is -2.35. The van der Waals surface area contributed by atoms with Crippen molar-refractivity contribution < 1.29 is 18.7 Å². The molecule has 1 saturated heterocycles. The summed E-state index contributed by atoms with van der Waals surface area (Å²) in [6.07, 6.45) is 0. The molecule has 1 heterocycles. The second-order valence-corrected chi connectivity index (χ2v) is 7.13. The quantitative estimate of drug-likeness (QED) is 0.672. The van der Waals surface area contributed by atoms with E-state index < -0.39 is 0 Å². The third kappa shape index (κ3) is 5.01. The molecule has 3 aromatic rings. The summed E-state index contributed by atoms with van der Waals surface area (Å²) in [5.41, 5.74) is 1.01. The van der Waals surface area contributed by atoms with Crippen LogP contribution in [0.25, 0.3) is 0 Å². The number of hydrogen-bond acceptors (Lipinski definition) is 3. The Labute approximate surface area is 179 Å². The molecule has 31 heavy (non-hydrogen) atoms. The van der Waals surface area contributed by atoms with Gasteiger partial charge in [0.2, 0.25) is 0 Å². The lowest BCUT2D eigenvalue weighted by Crippen LogP contribution is -2.51. The zero-order valence-corrected chi connectivity index (χ0v) is 16.8. The van der Waals surface area contributed by atoms with Gasteiger partial charge in [-0.3, -0.25) is 4.79 Å². The number of carbonyl (C=O) groups excluding carboxylic acids is 2. The molecule has 0 aromatic heterocycles. The zero-order valence-electron chi connectivity index (χ0n) is 16.8. The number of para-hydroxylation sites is 2. The fraction of sp³-hybridized carbons (Fsp3) is 0.167. The second kappa shape index (κ2) is 9.30. The lowest BCUT2D eigenvalue weighted by molar-refractivity contribution is 0.0669. The van der Waals surface area contributed by atoms with Crippen molar-refractivity contribution in [3.05, 3.63) is 90.2 Å². The highest BCUT2D eigenvalue weighted by molar-refractivity contribution is 5.97. The molecule has 0 spiro atoms. The first kappa shape index (κ1) is 20.4. The van der Waals surface area contributed by atoms with Crippen molar-refractivity contribution >= 4 is 17.6 Å². The number of amides is 3. The highest BCUT2D eigenvalue weighted by atomic mass is 19.1. The van der Waals surface area contributed by atoms with E-state index in [0.717, 1.165) is 0 Å². The van der Waals surface area contributed by atoms with Gasteiger partial charge in [-0.15, -0.1) is 0 Å². The van der Waals surface area contributed by atoms with E-state index in [0.29, 0.717) is 48.9 Å². The summed E-state index contributed by atoms with van der Waals surface area (Å²) in [6.45, 7) is 1.63. The van der Waals surface area contributed by atoms with Gasteiger partial charge in [0.25, 0.3) is 5.91 Å². The van der Waals surface area contributed by atoms with Gasteiger partial charge in [0.05, 0.1) is 5.56 Å². The van der Waals surface area contributed by atoms with Crippen molar-refractivity contribution in [3.63, 3.8) is 0 Å². The Kier molecular flexibility index (Phi) is 6.12. The number of urea groups is 1. The standard InChI is InChI=1S/C24H22FN3O3/c25-18-10-12-19(13-11-18)26-24(30)28-16-14-27(15-17-28)23(29)21-8-4-5-9-22(21)31-20-6-2-1-3-7-20/h1-13H,14-17H2,(H,26,30). The highest BCUT2D eigenvalue weighted by Crippen LogP contribution is 2.26. The van der Waals surface area contributed by atoms with Crippen molar-refractivity contribution in [2.45, 2.75) is 0 Å². The summed E-state index contributed by atoms with van der Waals surface area (Å²) in [7, 11) is 0. The van der Waals surface area contributed by atoms with Crippen LogP contribution in [0.1, 0.15) is 10.4 Å². The third-order valence-electron chi connectivity index (χ3n) is 5.04. The average Bonchev–Trinajstić information content (AvgIpc) is 2.81. The molecule has 158 valence electrons. The van der Waals surface area contributed by atoms with Gasteiger partial charge >= 0.3 is 6.03 Å². The van der Waals surface area contributed by atoms with E-state index in [9.17, 15) is 14.0 Å². The predicted molar refractivity (Wildman–Crippen MR) is 116 cm³/mol. The number of benzene rings is 3. The number of anilines is 1. The molecule has 1 fully saturated rings. The first-order valence-electron chi connectivity index (χ1n) is 10.0. The van der Waals surface area contributed by atoms with Gasteiger partial charge in [0.1, 0.15) is 17.3 Å². The van der Waals surface area contributed by atoms with Crippen LogP contribution in [0.3, 0.4) is 0 Å².